The van der Waals surface area contributed by atoms with Crippen LogP contribution in [0.2, 0.25) is 0 Å². The van der Waals surface area contributed by atoms with E-state index in [1.165, 1.54) is 54.6 Å². The summed E-state index contributed by atoms with van der Waals surface area (Å²) in [7, 11) is -7.99. The van der Waals surface area contributed by atoms with Crippen LogP contribution >= 0.6 is 0 Å². The van der Waals surface area contributed by atoms with E-state index in [4.69, 9.17) is 9.47 Å². The summed E-state index contributed by atoms with van der Waals surface area (Å²) in [5.41, 5.74) is 2.13. The largest absolute Gasteiger partial charge is 0.456 e. The summed E-state index contributed by atoms with van der Waals surface area (Å²) in [6.45, 7) is 7.37. The van der Waals surface area contributed by atoms with Crippen LogP contribution in [-0.4, -0.2) is 34.8 Å². The minimum Gasteiger partial charge on any atom is -0.456 e. The number of amides is 1. The molecule has 5 aromatic rings. The van der Waals surface area contributed by atoms with Crippen LogP contribution < -0.4 is 19.5 Å². The Labute approximate surface area is 295 Å². The number of aryl methyl sites for hydroxylation is 2. The number of ether oxygens (including phenoxy) is 2. The minimum atomic E-state index is -4.00. The number of carbonyl (C=O) groups is 2. The van der Waals surface area contributed by atoms with Gasteiger partial charge in [-0.3, -0.25) is 14.2 Å². The lowest BCUT2D eigenvalue weighted by molar-refractivity contribution is 0.0224. The van der Waals surface area contributed by atoms with Crippen LogP contribution in [0.5, 0.6) is 11.5 Å². The monoisotopic (exact) mass is 723 g/mol. The first-order valence-corrected chi connectivity index (χ1v) is 19.0. The molecular weight excluding hydrogens is 691 g/mol. The predicted octanol–water partition coefficient (Wildman–Crippen LogP) is 6.61. The van der Waals surface area contributed by atoms with Crippen LogP contribution in [0.15, 0.2) is 113 Å². The number of carbonyl (C=O) groups excluding carboxylic acids is 2. The summed E-state index contributed by atoms with van der Waals surface area (Å²) >= 11 is 0. The molecule has 5 aromatic carbocycles. The van der Waals surface area contributed by atoms with Gasteiger partial charge in [-0.15, -0.1) is 0 Å². The van der Waals surface area contributed by atoms with Crippen molar-refractivity contribution < 1.29 is 35.9 Å². The summed E-state index contributed by atoms with van der Waals surface area (Å²) in [6, 6.07) is 26.5. The Hall–Kier alpha value is -5.66. The van der Waals surface area contributed by atoms with Gasteiger partial charge in [0, 0.05) is 40.4 Å². The van der Waals surface area contributed by atoms with E-state index in [0.717, 1.165) is 11.1 Å². The van der Waals surface area contributed by atoms with E-state index in [9.17, 15) is 26.4 Å². The third kappa shape index (κ3) is 6.08. The van der Waals surface area contributed by atoms with Gasteiger partial charge in [0.2, 0.25) is 0 Å². The zero-order valence-corrected chi connectivity index (χ0v) is 29.6. The van der Waals surface area contributed by atoms with Crippen LogP contribution in [0.3, 0.4) is 0 Å². The van der Waals surface area contributed by atoms with Crippen molar-refractivity contribution in [3.63, 3.8) is 0 Å². The highest BCUT2D eigenvalue weighted by Gasteiger charge is 2.54. The SMILES string of the molecule is Cc1ccc(S(=O)(=O)Nc2ccc3c(c2)Oc2cc(NS(=O)(=O)c4ccc(C)cc4)ccc2C32OC(=O)c3ccc(C(=O)NC(C)C)cc32)cc1. The molecule has 51 heavy (non-hydrogen) atoms. The van der Waals surface area contributed by atoms with Gasteiger partial charge in [0.05, 0.1) is 26.7 Å². The molecule has 0 radical (unpaired) electrons. The lowest BCUT2D eigenvalue weighted by atomic mass is 9.77. The molecule has 0 saturated heterocycles. The zero-order chi connectivity index (χ0) is 36.3. The van der Waals surface area contributed by atoms with Crippen molar-refractivity contribution in [2.45, 2.75) is 49.1 Å². The first kappa shape index (κ1) is 33.8. The maximum atomic E-state index is 13.5. The molecule has 0 atom stereocenters. The number of rotatable bonds is 8. The average molecular weight is 724 g/mol. The van der Waals surface area contributed by atoms with Gasteiger partial charge >= 0.3 is 5.97 Å². The maximum absolute atomic E-state index is 13.5. The van der Waals surface area contributed by atoms with Crippen LogP contribution in [0.1, 0.15) is 62.4 Å². The Bertz CT molecular complexity index is 2330. The van der Waals surface area contributed by atoms with Gasteiger partial charge in [-0.2, -0.15) is 0 Å². The summed E-state index contributed by atoms with van der Waals surface area (Å²) < 4.78 is 71.0. The van der Waals surface area contributed by atoms with Gasteiger partial charge in [-0.25, -0.2) is 21.6 Å². The zero-order valence-electron chi connectivity index (χ0n) is 28.0. The predicted molar refractivity (Wildman–Crippen MR) is 191 cm³/mol. The molecule has 0 aromatic heterocycles. The molecule has 11 nitrogen and oxygen atoms in total. The average Bonchev–Trinajstić information content (AvgIpc) is 3.36. The molecule has 13 heteroatoms. The number of nitrogens with one attached hydrogen (secondary N) is 3. The highest BCUT2D eigenvalue weighted by atomic mass is 32.2. The van der Waals surface area contributed by atoms with Gasteiger partial charge in [-0.05, 0) is 94.4 Å². The van der Waals surface area contributed by atoms with Gasteiger partial charge < -0.3 is 14.8 Å². The second-order valence-electron chi connectivity index (χ2n) is 12.8. The fourth-order valence-electron chi connectivity index (χ4n) is 6.20. The molecule has 1 amide bonds. The number of sulfonamides is 2. The lowest BCUT2D eigenvalue weighted by Gasteiger charge is -2.37. The number of benzene rings is 5. The van der Waals surface area contributed by atoms with E-state index in [1.54, 1.807) is 48.5 Å². The highest BCUT2D eigenvalue weighted by Crippen LogP contribution is 2.57. The fraction of sp³-hybridized carbons (Fsp3) is 0.158. The second kappa shape index (κ2) is 12.3. The third-order valence-electron chi connectivity index (χ3n) is 8.66. The third-order valence-corrected chi connectivity index (χ3v) is 11.4. The summed E-state index contributed by atoms with van der Waals surface area (Å²) in [5, 5.41) is 2.86. The number of fused-ring (bicyclic) bond motifs is 6. The van der Waals surface area contributed by atoms with Crippen molar-refractivity contribution >= 4 is 43.3 Å². The Morgan fingerprint density at radius 2 is 1.14 bits per heavy atom. The number of anilines is 2. The van der Waals surface area contributed by atoms with E-state index < -0.39 is 31.6 Å². The first-order valence-electron chi connectivity index (χ1n) is 16.0. The Kier molecular flexibility index (Phi) is 8.15. The molecule has 0 saturated carbocycles. The number of hydrogen-bond donors (Lipinski definition) is 3. The smallest absolute Gasteiger partial charge is 0.340 e. The Balaban J connectivity index is 1.36. The van der Waals surface area contributed by atoms with Crippen LogP contribution in [-0.2, 0) is 30.4 Å². The molecule has 2 aliphatic rings. The van der Waals surface area contributed by atoms with Crippen molar-refractivity contribution in [2.24, 2.45) is 0 Å². The van der Waals surface area contributed by atoms with Crippen LogP contribution in [0.4, 0.5) is 11.4 Å². The molecule has 7 rings (SSSR count). The molecule has 260 valence electrons. The van der Waals surface area contributed by atoms with Crippen molar-refractivity contribution in [1.82, 2.24) is 5.32 Å². The number of hydrogen-bond acceptors (Lipinski definition) is 8. The van der Waals surface area contributed by atoms with E-state index in [1.807, 2.05) is 27.7 Å². The normalized spacial score (nSPS) is 14.2. The van der Waals surface area contributed by atoms with Gasteiger partial charge in [0.1, 0.15) is 11.5 Å². The molecular formula is C38H33N3O8S2. The highest BCUT2D eigenvalue weighted by molar-refractivity contribution is 7.93. The Morgan fingerprint density at radius 3 is 1.61 bits per heavy atom. The molecule has 0 unspecified atom stereocenters. The summed E-state index contributed by atoms with van der Waals surface area (Å²) in [5.74, 6) is -0.713. The molecule has 2 heterocycles. The van der Waals surface area contributed by atoms with E-state index in [-0.39, 0.29) is 50.2 Å². The lowest BCUT2D eigenvalue weighted by Crippen LogP contribution is -2.34. The van der Waals surface area contributed by atoms with E-state index >= 15 is 0 Å². The summed E-state index contributed by atoms with van der Waals surface area (Å²) in [6.07, 6.45) is 0. The summed E-state index contributed by atoms with van der Waals surface area (Å²) in [4.78, 5) is 26.8. The molecule has 1 spiro atoms. The van der Waals surface area contributed by atoms with Crippen molar-refractivity contribution in [3.8, 4) is 11.5 Å². The van der Waals surface area contributed by atoms with Crippen molar-refractivity contribution in [1.29, 1.82) is 0 Å². The molecule has 0 bridgehead atoms. The van der Waals surface area contributed by atoms with E-state index in [0.29, 0.717) is 22.3 Å². The standard InChI is InChI=1S/C38H33N3O8S2/c1-22(2)39-36(42)25-9-16-30-33(19-25)38(49-37(30)43)31-17-10-26(40-50(44,45)28-12-5-23(3)6-13-28)20-34(31)48-35-21-27(11-18-32(35)38)41-51(46,47)29-14-7-24(4)8-15-29/h5-22,40-41H,1-4H3,(H,39,42). The molecule has 2 aliphatic heterocycles. The fourth-order valence-corrected chi connectivity index (χ4v) is 8.30. The quantitative estimate of drug-likeness (QED) is 0.151. The minimum absolute atomic E-state index is 0.0601. The van der Waals surface area contributed by atoms with Gasteiger partial charge in [-0.1, -0.05) is 35.4 Å². The van der Waals surface area contributed by atoms with E-state index in [2.05, 4.69) is 14.8 Å². The first-order chi connectivity index (χ1) is 24.2. The van der Waals surface area contributed by atoms with Gasteiger partial charge in [0.15, 0.2) is 5.60 Å². The second-order valence-corrected chi connectivity index (χ2v) is 16.2. The topological polar surface area (TPSA) is 157 Å². The maximum Gasteiger partial charge on any atom is 0.340 e. The van der Waals surface area contributed by atoms with Crippen LogP contribution in [0, 0.1) is 13.8 Å². The molecule has 0 aliphatic carbocycles. The molecule has 0 fully saturated rings. The van der Waals surface area contributed by atoms with Crippen LogP contribution in [0.25, 0.3) is 0 Å². The Morgan fingerprint density at radius 1 is 0.647 bits per heavy atom. The number of esters is 1. The van der Waals surface area contributed by atoms with Crippen molar-refractivity contribution in [2.75, 3.05) is 9.44 Å². The van der Waals surface area contributed by atoms with Crippen molar-refractivity contribution in [3.05, 3.63) is 142 Å². The molecule has 3 N–H and O–H groups in total. The van der Waals surface area contributed by atoms with Gasteiger partial charge in [0.25, 0.3) is 26.0 Å².